The van der Waals surface area contributed by atoms with Crippen LogP contribution in [0.25, 0.3) is 0 Å². The number of carbonyl (C=O) groups is 1. The van der Waals surface area contributed by atoms with E-state index in [0.717, 1.165) is 0 Å². The molecule has 0 fully saturated rings. The molecule has 8 heavy (non-hydrogen) atoms. The van der Waals surface area contributed by atoms with Crippen molar-refractivity contribution < 1.29 is 14.3 Å². The summed E-state index contributed by atoms with van der Waals surface area (Å²) < 4.78 is 8.99. The number of rotatable bonds is 2. The Labute approximate surface area is 45.2 Å². The Morgan fingerprint density at radius 3 is 1.88 bits per heavy atom. The third-order valence-corrected chi connectivity index (χ3v) is 0.919. The van der Waals surface area contributed by atoms with Crippen molar-refractivity contribution in [3.8, 4) is 0 Å². The van der Waals surface area contributed by atoms with Crippen LogP contribution in [0.15, 0.2) is 24.0 Å². The zero-order chi connectivity index (χ0) is 5.56. The fourth-order valence-electron chi connectivity index (χ4n) is 0.394. The van der Waals surface area contributed by atoms with Gasteiger partial charge in [0.05, 0.1) is 0 Å². The zero-order valence-corrected chi connectivity index (χ0v) is 3.88. The second kappa shape index (κ2) is 0.940. The summed E-state index contributed by atoms with van der Waals surface area (Å²) >= 11 is 0. The average Bonchev–Trinajstić information content (AvgIpc) is 2.63. The molecule has 0 aromatic carbocycles. The average molecular weight is 110 g/mol. The Kier molecular flexibility index (Phi) is 0.436. The van der Waals surface area contributed by atoms with Crippen molar-refractivity contribution in [3.63, 3.8) is 0 Å². The van der Waals surface area contributed by atoms with Crippen molar-refractivity contribution in [2.45, 2.75) is 0 Å². The molecule has 0 amide bonds. The minimum absolute atomic E-state index is 0.148. The molecule has 2 heterocycles. The van der Waals surface area contributed by atoms with Gasteiger partial charge in [-0.25, -0.2) is 0 Å². The lowest BCUT2D eigenvalue weighted by Crippen LogP contribution is -1.90. The Morgan fingerprint density at radius 2 is 1.62 bits per heavy atom. The standard InChI is InChI=1S/C5H2O3/c6-5(3-1-7-3)4-2-8-4/h1-2H. The lowest BCUT2D eigenvalue weighted by Gasteiger charge is -1.75. The molecule has 0 unspecified atom stereocenters. The van der Waals surface area contributed by atoms with Crippen LogP contribution in [0.3, 0.4) is 0 Å². The first kappa shape index (κ1) is 3.72. The molecule has 0 N–H and O–H groups in total. The lowest BCUT2D eigenvalue weighted by atomic mass is 10.4. The van der Waals surface area contributed by atoms with Crippen LogP contribution in [0.1, 0.15) is 0 Å². The highest BCUT2D eigenvalue weighted by Gasteiger charge is 2.30. The summed E-state index contributed by atoms with van der Waals surface area (Å²) in [4.78, 5) is 10.6. The summed E-state index contributed by atoms with van der Waals surface area (Å²) in [5, 5.41) is 0. The van der Waals surface area contributed by atoms with Gasteiger partial charge in [-0.15, -0.1) is 0 Å². The highest BCUT2D eigenvalue weighted by Crippen LogP contribution is 2.24. The minimum atomic E-state index is -0.148. The molecule has 0 bridgehead atoms. The van der Waals surface area contributed by atoms with Gasteiger partial charge in [0.2, 0.25) is 11.5 Å². The van der Waals surface area contributed by atoms with Crippen LogP contribution in [0.5, 0.6) is 0 Å². The van der Waals surface area contributed by atoms with Crippen LogP contribution >= 0.6 is 0 Å². The van der Waals surface area contributed by atoms with Crippen molar-refractivity contribution in [2.75, 3.05) is 0 Å². The maximum Gasteiger partial charge on any atom is 0.269 e. The molecule has 3 nitrogen and oxygen atoms in total. The van der Waals surface area contributed by atoms with Crippen LogP contribution in [0.4, 0.5) is 0 Å². The van der Waals surface area contributed by atoms with Crippen molar-refractivity contribution in [1.29, 1.82) is 0 Å². The van der Waals surface area contributed by atoms with Crippen LogP contribution in [-0.2, 0) is 14.3 Å². The lowest BCUT2D eigenvalue weighted by molar-refractivity contribution is -0.113. The summed E-state index contributed by atoms with van der Waals surface area (Å²) in [5.41, 5.74) is 0. The van der Waals surface area contributed by atoms with Gasteiger partial charge in [0, 0.05) is 0 Å². The highest BCUT2D eigenvalue weighted by atomic mass is 16.6. The van der Waals surface area contributed by atoms with Gasteiger partial charge in [0.25, 0.3) is 5.78 Å². The molecule has 0 aromatic heterocycles. The van der Waals surface area contributed by atoms with Crippen molar-refractivity contribution in [1.82, 2.24) is 0 Å². The quantitative estimate of drug-likeness (QED) is 0.513. The van der Waals surface area contributed by atoms with Crippen molar-refractivity contribution in [2.24, 2.45) is 0 Å². The van der Waals surface area contributed by atoms with Crippen LogP contribution < -0.4 is 0 Å². The summed E-state index contributed by atoms with van der Waals surface area (Å²) in [6.07, 6.45) is 2.79. The minimum Gasteiger partial charge on any atom is -0.453 e. The zero-order valence-electron chi connectivity index (χ0n) is 3.88. The fourth-order valence-corrected chi connectivity index (χ4v) is 0.394. The molecule has 40 valence electrons. The summed E-state index contributed by atoms with van der Waals surface area (Å²) in [5.74, 6) is 0.646. The molecule has 2 rings (SSSR count). The molecule has 0 saturated heterocycles. The number of carbonyl (C=O) groups excluding carboxylic acids is 1. The van der Waals surface area contributed by atoms with Crippen LogP contribution in [0, 0.1) is 0 Å². The normalized spacial score (nSPS) is 19.5. The molecule has 0 aromatic rings. The summed E-state index contributed by atoms with van der Waals surface area (Å²) in [6, 6.07) is 0. The van der Waals surface area contributed by atoms with E-state index >= 15 is 0 Å². The number of ether oxygens (including phenoxy) is 2. The smallest absolute Gasteiger partial charge is 0.269 e. The van der Waals surface area contributed by atoms with E-state index in [-0.39, 0.29) is 5.78 Å². The first-order valence-electron chi connectivity index (χ1n) is 2.16. The Morgan fingerprint density at radius 1 is 1.25 bits per heavy atom. The predicted octanol–water partition coefficient (Wildman–Crippen LogP) is 0.299. The number of ketones is 1. The Hall–Kier alpha value is -1.25. The second-order valence-corrected chi connectivity index (χ2v) is 1.53. The molecular weight excluding hydrogens is 108 g/mol. The van der Waals surface area contributed by atoms with E-state index in [4.69, 9.17) is 0 Å². The van der Waals surface area contributed by atoms with E-state index in [0.29, 0.717) is 11.5 Å². The number of Topliss-reactive ketones (excluding diaryl/α,β-unsaturated/α-hetero) is 1. The largest absolute Gasteiger partial charge is 0.453 e. The second-order valence-electron chi connectivity index (χ2n) is 1.53. The molecule has 0 spiro atoms. The van der Waals surface area contributed by atoms with Crippen molar-refractivity contribution >= 4 is 5.78 Å². The monoisotopic (exact) mass is 110 g/mol. The van der Waals surface area contributed by atoms with Crippen molar-refractivity contribution in [3.05, 3.63) is 24.0 Å². The molecule has 2 aliphatic heterocycles. The van der Waals surface area contributed by atoms with E-state index in [2.05, 4.69) is 9.47 Å². The molecule has 0 saturated carbocycles. The van der Waals surface area contributed by atoms with E-state index in [9.17, 15) is 4.79 Å². The maximum atomic E-state index is 10.6. The van der Waals surface area contributed by atoms with Crippen LogP contribution in [-0.4, -0.2) is 5.78 Å². The Balaban J connectivity index is 2.14. The number of hydrogen-bond acceptors (Lipinski definition) is 3. The van der Waals surface area contributed by atoms with Gasteiger partial charge in [-0.2, -0.15) is 0 Å². The van der Waals surface area contributed by atoms with E-state index in [1.54, 1.807) is 0 Å². The van der Waals surface area contributed by atoms with Gasteiger partial charge in [-0.3, -0.25) is 4.79 Å². The maximum absolute atomic E-state index is 10.6. The van der Waals surface area contributed by atoms with Crippen LogP contribution in [0.2, 0.25) is 0 Å². The van der Waals surface area contributed by atoms with Gasteiger partial charge < -0.3 is 9.47 Å². The molecule has 0 aliphatic carbocycles. The molecule has 0 radical (unpaired) electrons. The molecule has 0 atom stereocenters. The highest BCUT2D eigenvalue weighted by molar-refractivity contribution is 6.08. The third-order valence-electron chi connectivity index (χ3n) is 0.919. The van der Waals surface area contributed by atoms with Gasteiger partial charge in [0.15, 0.2) is 0 Å². The third kappa shape index (κ3) is 0.411. The number of hydrogen-bond donors (Lipinski definition) is 0. The van der Waals surface area contributed by atoms with E-state index in [1.807, 2.05) is 0 Å². The summed E-state index contributed by atoms with van der Waals surface area (Å²) in [6.45, 7) is 0. The first-order valence-corrected chi connectivity index (χ1v) is 2.16. The first-order chi connectivity index (χ1) is 3.88. The van der Waals surface area contributed by atoms with Gasteiger partial charge >= 0.3 is 0 Å². The topological polar surface area (TPSA) is 42.1 Å². The fraction of sp³-hybridized carbons (Fsp3) is 0. The van der Waals surface area contributed by atoms with Gasteiger partial charge in [-0.05, 0) is 0 Å². The Bertz CT molecular complexity index is 190. The molecular formula is C5H2O3. The molecule has 2 aliphatic rings. The molecule has 3 heteroatoms. The SMILES string of the molecule is O=C(C1=CO1)C1=CO1. The van der Waals surface area contributed by atoms with E-state index in [1.165, 1.54) is 12.5 Å². The summed E-state index contributed by atoms with van der Waals surface area (Å²) in [7, 11) is 0. The predicted molar refractivity (Wildman–Crippen MR) is 23.3 cm³/mol. The van der Waals surface area contributed by atoms with E-state index < -0.39 is 0 Å². The van der Waals surface area contributed by atoms with Gasteiger partial charge in [0.1, 0.15) is 12.5 Å². The van der Waals surface area contributed by atoms with Gasteiger partial charge in [-0.1, -0.05) is 0 Å².